The molecule has 0 heterocycles. The Balaban J connectivity index is 2.14. The maximum absolute atomic E-state index is 11.8. The van der Waals surface area contributed by atoms with Gasteiger partial charge in [0.15, 0.2) is 0 Å². The first kappa shape index (κ1) is 16.3. The number of hydrogen-bond donors (Lipinski definition) is 2. The van der Waals surface area contributed by atoms with Crippen LogP contribution in [0.3, 0.4) is 0 Å². The van der Waals surface area contributed by atoms with Gasteiger partial charge in [0.2, 0.25) is 0 Å². The smallest absolute Gasteiger partial charge is 0.398 e. The van der Waals surface area contributed by atoms with Gasteiger partial charge >= 0.3 is 22.3 Å². The van der Waals surface area contributed by atoms with Crippen molar-refractivity contribution >= 4 is 33.7 Å². The van der Waals surface area contributed by atoms with Crippen molar-refractivity contribution in [2.24, 2.45) is 0 Å². The molecule has 0 amide bonds. The predicted octanol–water partition coefficient (Wildman–Crippen LogP) is 1.11. The summed E-state index contributed by atoms with van der Waals surface area (Å²) in [5, 5.41) is 0. The SMILES string of the molecule is Nc1ccccc1C(=O)OS(=O)(=O)OC(=O)c1ccccc1N. The third-order valence-corrected chi connectivity index (χ3v) is 3.43. The summed E-state index contributed by atoms with van der Waals surface area (Å²) in [7, 11) is -4.92. The van der Waals surface area contributed by atoms with E-state index in [1.807, 2.05) is 0 Å². The summed E-state index contributed by atoms with van der Waals surface area (Å²) in [6, 6.07) is 11.4. The van der Waals surface area contributed by atoms with Crippen molar-refractivity contribution in [1.82, 2.24) is 0 Å². The van der Waals surface area contributed by atoms with Crippen LogP contribution in [-0.2, 0) is 18.8 Å². The second-order valence-electron chi connectivity index (χ2n) is 4.32. The molecule has 0 unspecified atom stereocenters. The van der Waals surface area contributed by atoms with Crippen LogP contribution in [0.5, 0.6) is 0 Å². The van der Waals surface area contributed by atoms with E-state index in [4.69, 9.17) is 11.5 Å². The Bertz CT molecular complexity index is 798. The molecule has 0 aliphatic heterocycles. The molecule has 23 heavy (non-hydrogen) atoms. The molecule has 9 heteroatoms. The largest absolute Gasteiger partial charge is 0.506 e. The van der Waals surface area contributed by atoms with Gasteiger partial charge in [-0.3, -0.25) is 0 Å². The molecule has 4 N–H and O–H groups in total. The standard InChI is InChI=1S/C14H12N2O6S/c15-11-7-3-1-5-9(11)13(17)21-23(19,20)22-14(18)10-6-2-4-8-12(10)16/h1-8H,15-16H2. The maximum Gasteiger partial charge on any atom is 0.506 e. The van der Waals surface area contributed by atoms with Crippen molar-refractivity contribution in [1.29, 1.82) is 0 Å². The molecular formula is C14H12N2O6S. The Morgan fingerprint density at radius 2 is 1.09 bits per heavy atom. The number of hydrogen-bond acceptors (Lipinski definition) is 8. The molecule has 2 rings (SSSR count). The summed E-state index contributed by atoms with van der Waals surface area (Å²) < 4.78 is 31.7. The number of rotatable bonds is 4. The van der Waals surface area contributed by atoms with Crippen molar-refractivity contribution < 1.29 is 26.4 Å². The number of nitrogens with two attached hydrogens (primary N) is 2. The van der Waals surface area contributed by atoms with Crippen LogP contribution < -0.4 is 11.5 Å². The van der Waals surface area contributed by atoms with Gasteiger partial charge in [-0.25, -0.2) is 9.59 Å². The van der Waals surface area contributed by atoms with Crippen molar-refractivity contribution in [2.75, 3.05) is 11.5 Å². The number of nitrogen functional groups attached to an aromatic ring is 2. The molecule has 0 fully saturated rings. The third kappa shape index (κ3) is 3.98. The normalized spacial score (nSPS) is 10.8. The second kappa shape index (κ2) is 6.36. The molecular weight excluding hydrogens is 324 g/mol. The zero-order valence-corrected chi connectivity index (χ0v) is 12.4. The Morgan fingerprint density at radius 1 is 0.739 bits per heavy atom. The lowest BCUT2D eigenvalue weighted by Gasteiger charge is -2.08. The lowest BCUT2D eigenvalue weighted by Crippen LogP contribution is -2.20. The van der Waals surface area contributed by atoms with E-state index in [0.717, 1.165) is 0 Å². The summed E-state index contributed by atoms with van der Waals surface area (Å²) in [5.41, 5.74) is 10.8. The predicted molar refractivity (Wildman–Crippen MR) is 81.5 cm³/mol. The van der Waals surface area contributed by atoms with Gasteiger partial charge in [-0.15, -0.1) is 8.42 Å². The lowest BCUT2D eigenvalue weighted by atomic mass is 10.2. The second-order valence-corrected chi connectivity index (χ2v) is 5.47. The van der Waals surface area contributed by atoms with Crippen LogP contribution in [-0.4, -0.2) is 20.4 Å². The van der Waals surface area contributed by atoms with Gasteiger partial charge in [-0.2, -0.15) is 0 Å². The highest BCUT2D eigenvalue weighted by molar-refractivity contribution is 7.82. The molecule has 0 saturated carbocycles. The highest BCUT2D eigenvalue weighted by Crippen LogP contribution is 2.16. The molecule has 0 aliphatic carbocycles. The van der Waals surface area contributed by atoms with Crippen molar-refractivity contribution in [3.63, 3.8) is 0 Å². The Labute approximate surface area is 131 Å². The molecule has 0 aromatic heterocycles. The maximum atomic E-state index is 11.8. The van der Waals surface area contributed by atoms with Crippen LogP contribution >= 0.6 is 0 Å². The minimum absolute atomic E-state index is 0.0198. The number of carbonyl (C=O) groups excluding carboxylic acids is 2. The minimum atomic E-state index is -4.92. The fourth-order valence-corrected chi connectivity index (χ4v) is 2.24. The molecule has 0 atom stereocenters. The Hall–Kier alpha value is -3.07. The minimum Gasteiger partial charge on any atom is -0.398 e. The Morgan fingerprint density at radius 3 is 1.43 bits per heavy atom. The summed E-state index contributed by atoms with van der Waals surface area (Å²) in [6.07, 6.45) is 0. The van der Waals surface area contributed by atoms with Gasteiger partial charge < -0.3 is 19.8 Å². The molecule has 0 saturated heterocycles. The van der Waals surface area contributed by atoms with Crippen LogP contribution in [0.2, 0.25) is 0 Å². The van der Waals surface area contributed by atoms with Gasteiger partial charge in [0.25, 0.3) is 0 Å². The zero-order valence-electron chi connectivity index (χ0n) is 11.6. The summed E-state index contributed by atoms with van der Waals surface area (Å²) in [6.45, 7) is 0. The average molecular weight is 336 g/mol. The summed E-state index contributed by atoms with van der Waals surface area (Å²) >= 11 is 0. The number of benzene rings is 2. The number of para-hydroxylation sites is 2. The lowest BCUT2D eigenvalue weighted by molar-refractivity contribution is 0.0649. The first-order valence-corrected chi connectivity index (χ1v) is 7.55. The van der Waals surface area contributed by atoms with E-state index in [1.54, 1.807) is 12.1 Å². The van der Waals surface area contributed by atoms with E-state index in [9.17, 15) is 18.0 Å². The van der Waals surface area contributed by atoms with Crippen LogP contribution in [0.1, 0.15) is 20.7 Å². The molecule has 2 aromatic rings. The van der Waals surface area contributed by atoms with Crippen molar-refractivity contribution in [3.05, 3.63) is 59.7 Å². The van der Waals surface area contributed by atoms with Gasteiger partial charge in [0.1, 0.15) is 0 Å². The molecule has 2 aromatic carbocycles. The Kier molecular flexibility index (Phi) is 4.51. The van der Waals surface area contributed by atoms with Crippen LogP contribution in [0.25, 0.3) is 0 Å². The molecule has 0 spiro atoms. The van der Waals surface area contributed by atoms with E-state index in [1.165, 1.54) is 36.4 Å². The van der Waals surface area contributed by atoms with Gasteiger partial charge in [0, 0.05) is 11.4 Å². The number of carbonyl (C=O) groups is 2. The van der Waals surface area contributed by atoms with Crippen molar-refractivity contribution in [2.45, 2.75) is 0 Å². The van der Waals surface area contributed by atoms with E-state index >= 15 is 0 Å². The highest BCUT2D eigenvalue weighted by Gasteiger charge is 2.26. The van der Waals surface area contributed by atoms with Gasteiger partial charge in [0.05, 0.1) is 11.1 Å². The average Bonchev–Trinajstić information content (AvgIpc) is 2.46. The number of anilines is 2. The van der Waals surface area contributed by atoms with Crippen LogP contribution in [0.15, 0.2) is 48.5 Å². The van der Waals surface area contributed by atoms with Crippen LogP contribution in [0, 0.1) is 0 Å². The quantitative estimate of drug-likeness (QED) is 0.791. The van der Waals surface area contributed by atoms with E-state index < -0.39 is 22.3 Å². The third-order valence-electron chi connectivity index (χ3n) is 2.72. The van der Waals surface area contributed by atoms with Gasteiger partial charge in [-0.1, -0.05) is 24.3 Å². The monoisotopic (exact) mass is 336 g/mol. The van der Waals surface area contributed by atoms with Crippen molar-refractivity contribution in [3.8, 4) is 0 Å². The van der Waals surface area contributed by atoms with E-state index in [2.05, 4.69) is 8.37 Å². The fourth-order valence-electron chi connectivity index (χ4n) is 1.66. The highest BCUT2D eigenvalue weighted by atomic mass is 32.3. The molecule has 0 bridgehead atoms. The first-order chi connectivity index (χ1) is 10.8. The van der Waals surface area contributed by atoms with E-state index in [-0.39, 0.29) is 22.5 Å². The molecule has 8 nitrogen and oxygen atoms in total. The topological polar surface area (TPSA) is 139 Å². The van der Waals surface area contributed by atoms with E-state index in [0.29, 0.717) is 0 Å². The summed E-state index contributed by atoms with van der Waals surface area (Å²) in [5.74, 6) is -2.53. The first-order valence-electron chi connectivity index (χ1n) is 6.22. The molecule has 120 valence electrons. The fraction of sp³-hybridized carbons (Fsp3) is 0. The summed E-state index contributed by atoms with van der Waals surface area (Å²) in [4.78, 5) is 23.5. The van der Waals surface area contributed by atoms with Crippen LogP contribution in [0.4, 0.5) is 11.4 Å². The van der Waals surface area contributed by atoms with Gasteiger partial charge in [-0.05, 0) is 24.3 Å². The zero-order chi connectivity index (χ0) is 17.0. The molecule has 0 radical (unpaired) electrons. The molecule has 0 aliphatic rings.